The summed E-state index contributed by atoms with van der Waals surface area (Å²) in [7, 11) is -14.2. The van der Waals surface area contributed by atoms with Gasteiger partial charge in [0.15, 0.2) is 0 Å². The van der Waals surface area contributed by atoms with Crippen LogP contribution in [-0.2, 0) is 0 Å². The van der Waals surface area contributed by atoms with E-state index >= 15 is 0 Å². The van der Waals surface area contributed by atoms with Crippen LogP contribution in [0.1, 0.15) is 0 Å². The Kier molecular flexibility index (Phi) is 11.6. The van der Waals surface area contributed by atoms with Gasteiger partial charge in [-0.2, -0.15) is 0 Å². The van der Waals surface area contributed by atoms with Crippen LogP contribution in [0.5, 0.6) is 0 Å². The van der Waals surface area contributed by atoms with Gasteiger partial charge in [0.2, 0.25) is 0 Å². The molecule has 0 saturated heterocycles. The molecule has 0 aliphatic carbocycles. The average Bonchev–Trinajstić information content (AvgIpc) is 3.40. The van der Waals surface area contributed by atoms with E-state index in [1.165, 1.54) is 51.9 Å². The maximum atomic E-state index is 2.56. The van der Waals surface area contributed by atoms with Crippen molar-refractivity contribution >= 4 is 81.3 Å². The van der Waals surface area contributed by atoms with Crippen molar-refractivity contribution in [2.24, 2.45) is 0 Å². The van der Waals surface area contributed by atoms with Crippen LogP contribution in [0.2, 0.25) is 0 Å². The molecule has 10 aromatic carbocycles. The summed E-state index contributed by atoms with van der Waals surface area (Å²) < 4.78 is 0. The van der Waals surface area contributed by atoms with Crippen molar-refractivity contribution < 1.29 is 0 Å². The monoisotopic (exact) mass is 882 g/mol. The molecule has 0 atom stereocenters. The molecule has 0 radical (unpaired) electrons. The molecule has 0 bridgehead atoms. The highest BCUT2D eigenvalue weighted by atomic mass is 29.8. The summed E-state index contributed by atoms with van der Waals surface area (Å²) >= 11 is 0. The SMILES string of the molecule is c1ccc([Si](c2ccccc2)(c2ccccc2)[Si](c2ccccc2)(c2ccccc2)[Si](c2ccccc2)(c2ccccc2)[Si](c2ccccc2)(c2ccccc2)c2ccccc2)cc1. The molecule has 0 amide bonds. The molecular formula is C60H50Si4. The van der Waals surface area contributed by atoms with Gasteiger partial charge in [-0.05, 0) is 0 Å². The summed E-state index contributed by atoms with van der Waals surface area (Å²) in [4.78, 5) is 0. The minimum atomic E-state index is -3.66. The standard InChI is InChI=1S/C60H50Si4/c1-11-31-51(32-12-1)61(52-33-13-2-14-34-52,53-35-15-3-16-36-53)63(57-43-23-7-24-44-57,58-45-25-8-26-46-58)64(59-47-27-9-28-48-59,60-49-29-10-30-50-60)62(54-37-17-4-18-38-54,55-39-19-5-20-40-55)56-41-21-6-22-42-56/h1-50H. The zero-order chi connectivity index (χ0) is 43.1. The van der Waals surface area contributed by atoms with E-state index in [-0.39, 0.29) is 0 Å². The van der Waals surface area contributed by atoms with E-state index in [9.17, 15) is 0 Å². The molecule has 64 heavy (non-hydrogen) atoms. The fourth-order valence-electron chi connectivity index (χ4n) is 11.8. The Morgan fingerprint density at radius 3 is 0.359 bits per heavy atom. The molecule has 0 spiro atoms. The van der Waals surface area contributed by atoms with Gasteiger partial charge < -0.3 is 0 Å². The molecule has 4 heteroatoms. The molecule has 10 rings (SSSR count). The molecule has 0 heterocycles. The quantitative estimate of drug-likeness (QED) is 0.0859. The molecule has 0 unspecified atom stereocenters. The Hall–Kier alpha value is -6.93. The van der Waals surface area contributed by atoms with Crippen molar-refractivity contribution in [3.63, 3.8) is 0 Å². The van der Waals surface area contributed by atoms with Crippen LogP contribution < -0.4 is 51.9 Å². The topological polar surface area (TPSA) is 0 Å². The lowest BCUT2D eigenvalue weighted by Gasteiger charge is -2.64. The van der Waals surface area contributed by atoms with E-state index in [2.05, 4.69) is 303 Å². The lowest BCUT2D eigenvalue weighted by molar-refractivity contribution is 1.66. The predicted molar refractivity (Wildman–Crippen MR) is 284 cm³/mol. The highest BCUT2D eigenvalue weighted by molar-refractivity contribution is 8.01. The third kappa shape index (κ3) is 6.28. The fourth-order valence-corrected chi connectivity index (χ4v) is 90.4. The molecule has 0 aromatic heterocycles. The first-order chi connectivity index (χ1) is 31.8. The van der Waals surface area contributed by atoms with E-state index in [0.29, 0.717) is 0 Å². The van der Waals surface area contributed by atoms with Crippen molar-refractivity contribution in [3.8, 4) is 0 Å². The molecular weight excluding hydrogens is 833 g/mol. The Balaban J connectivity index is 1.67. The summed E-state index contributed by atoms with van der Waals surface area (Å²) in [5, 5.41) is 14.5. The Morgan fingerprint density at radius 1 is 0.125 bits per heavy atom. The van der Waals surface area contributed by atoms with E-state index in [1.54, 1.807) is 0 Å². The maximum absolute atomic E-state index is 3.66. The Morgan fingerprint density at radius 2 is 0.234 bits per heavy atom. The highest BCUT2D eigenvalue weighted by Gasteiger charge is 2.78. The summed E-state index contributed by atoms with van der Waals surface area (Å²) in [5.41, 5.74) is 0. The van der Waals surface area contributed by atoms with Crippen LogP contribution in [-0.4, -0.2) is 29.4 Å². The second-order valence-electron chi connectivity index (χ2n) is 16.7. The normalized spacial score (nSPS) is 12.1. The third-order valence-electron chi connectivity index (χ3n) is 13.8. The van der Waals surface area contributed by atoms with Gasteiger partial charge in [0.1, 0.15) is 29.4 Å². The van der Waals surface area contributed by atoms with Crippen LogP contribution in [0, 0.1) is 0 Å². The number of hydrogen-bond acceptors (Lipinski definition) is 0. The van der Waals surface area contributed by atoms with Crippen molar-refractivity contribution in [2.45, 2.75) is 0 Å². The van der Waals surface area contributed by atoms with Crippen LogP contribution >= 0.6 is 0 Å². The second-order valence-corrected chi connectivity index (χ2v) is 44.9. The van der Waals surface area contributed by atoms with Gasteiger partial charge in [0, 0.05) is 0 Å². The zero-order valence-electron chi connectivity index (χ0n) is 35.9. The van der Waals surface area contributed by atoms with Crippen molar-refractivity contribution in [1.29, 1.82) is 0 Å². The smallest absolute Gasteiger partial charge is 0.0631 e. The van der Waals surface area contributed by atoms with Gasteiger partial charge in [0.25, 0.3) is 0 Å². The van der Waals surface area contributed by atoms with Crippen molar-refractivity contribution in [3.05, 3.63) is 303 Å². The van der Waals surface area contributed by atoms with Gasteiger partial charge in [-0.3, -0.25) is 0 Å². The van der Waals surface area contributed by atoms with E-state index in [4.69, 9.17) is 0 Å². The number of rotatable bonds is 13. The molecule has 0 N–H and O–H groups in total. The lowest BCUT2D eigenvalue weighted by Crippen LogP contribution is -3.10. The number of hydrogen-bond donors (Lipinski definition) is 0. The van der Waals surface area contributed by atoms with Gasteiger partial charge in [-0.25, -0.2) is 0 Å². The van der Waals surface area contributed by atoms with Crippen LogP contribution in [0.4, 0.5) is 0 Å². The van der Waals surface area contributed by atoms with E-state index in [1.807, 2.05) is 0 Å². The third-order valence-corrected chi connectivity index (χ3v) is 67.1. The average molecular weight is 883 g/mol. The molecule has 10 aromatic rings. The Labute approximate surface area is 382 Å². The molecule has 0 aliphatic heterocycles. The first kappa shape index (κ1) is 41.1. The van der Waals surface area contributed by atoms with Crippen molar-refractivity contribution in [1.82, 2.24) is 0 Å². The minimum Gasteiger partial charge on any atom is -0.0631 e. The predicted octanol–water partition coefficient (Wildman–Crippen LogP) is 7.09. The summed E-state index contributed by atoms with van der Waals surface area (Å²) in [6.45, 7) is 0. The van der Waals surface area contributed by atoms with Crippen LogP contribution in [0.3, 0.4) is 0 Å². The molecule has 0 nitrogen and oxygen atoms in total. The van der Waals surface area contributed by atoms with Crippen LogP contribution in [0.25, 0.3) is 0 Å². The fraction of sp³-hybridized carbons (Fsp3) is 0. The summed E-state index contributed by atoms with van der Waals surface area (Å²) in [6, 6.07) is 119. The van der Waals surface area contributed by atoms with E-state index < -0.39 is 29.4 Å². The second kappa shape index (κ2) is 18.0. The zero-order valence-corrected chi connectivity index (χ0v) is 39.9. The minimum absolute atomic E-state index is 1.44. The molecule has 306 valence electrons. The lowest BCUT2D eigenvalue weighted by atomic mass is 10.3. The van der Waals surface area contributed by atoms with Gasteiger partial charge >= 0.3 is 0 Å². The number of benzene rings is 10. The van der Waals surface area contributed by atoms with Crippen LogP contribution in [0.15, 0.2) is 303 Å². The summed E-state index contributed by atoms with van der Waals surface area (Å²) in [6.07, 6.45) is 0. The largest absolute Gasteiger partial charge is 0.147 e. The molecule has 0 fully saturated rings. The van der Waals surface area contributed by atoms with Gasteiger partial charge in [-0.15, -0.1) is 0 Å². The highest BCUT2D eigenvalue weighted by Crippen LogP contribution is 2.37. The maximum Gasteiger partial charge on any atom is 0.147 e. The summed E-state index contributed by atoms with van der Waals surface area (Å²) in [5.74, 6) is 0. The first-order valence-electron chi connectivity index (χ1n) is 22.4. The van der Waals surface area contributed by atoms with Gasteiger partial charge in [0.05, 0.1) is 0 Å². The Bertz CT molecular complexity index is 2510. The van der Waals surface area contributed by atoms with Gasteiger partial charge in [-0.1, -0.05) is 355 Å². The van der Waals surface area contributed by atoms with Crippen molar-refractivity contribution in [2.75, 3.05) is 0 Å². The molecule has 0 saturated carbocycles. The first-order valence-corrected chi connectivity index (χ1v) is 33.4. The molecule has 0 aliphatic rings. The van der Waals surface area contributed by atoms with E-state index in [0.717, 1.165) is 0 Å².